The lowest BCUT2D eigenvalue weighted by molar-refractivity contribution is -0.137. The number of ether oxygens (including phenoxy) is 2. The molecule has 0 unspecified atom stereocenters. The summed E-state index contributed by atoms with van der Waals surface area (Å²) in [6.45, 7) is 1.58. The maximum absolute atomic E-state index is 14.5. The number of halogens is 7. The van der Waals surface area contributed by atoms with Gasteiger partial charge in [0.05, 0.1) is 16.8 Å². The van der Waals surface area contributed by atoms with Crippen molar-refractivity contribution in [3.63, 3.8) is 0 Å². The molecular weight excluding hydrogens is 537 g/mol. The molecule has 0 radical (unpaired) electrons. The number of fused-ring (bicyclic) bond motifs is 1. The van der Waals surface area contributed by atoms with Crippen LogP contribution in [0.15, 0.2) is 47.2 Å². The fourth-order valence-corrected chi connectivity index (χ4v) is 3.79. The van der Waals surface area contributed by atoms with E-state index < -0.39 is 39.9 Å². The van der Waals surface area contributed by atoms with E-state index in [0.29, 0.717) is 16.4 Å². The summed E-state index contributed by atoms with van der Waals surface area (Å²) in [6.07, 6.45) is -3.18. The fourth-order valence-electron chi connectivity index (χ4n) is 3.03. The summed E-state index contributed by atoms with van der Waals surface area (Å²) in [7, 11) is 0. The van der Waals surface area contributed by atoms with Crippen LogP contribution >= 0.6 is 27.5 Å². The van der Waals surface area contributed by atoms with E-state index in [1.54, 1.807) is 23.6 Å². The predicted molar refractivity (Wildman–Crippen MR) is 113 cm³/mol. The molecule has 172 valence electrons. The van der Waals surface area contributed by atoms with Gasteiger partial charge in [-0.3, -0.25) is 4.40 Å². The number of benzene rings is 2. The lowest BCUT2D eigenvalue weighted by atomic mass is 10.2. The van der Waals surface area contributed by atoms with E-state index in [2.05, 4.69) is 25.9 Å². The molecule has 0 spiro atoms. The van der Waals surface area contributed by atoms with Crippen molar-refractivity contribution >= 4 is 33.3 Å². The highest BCUT2D eigenvalue weighted by Crippen LogP contribution is 2.38. The molecule has 2 aromatic heterocycles. The molecule has 0 aliphatic rings. The standard InChI is InChI=1S/C21H12BrClF5N3O2/c1-10-4-18(30-20-29-8-17(22)31(10)20)32-9-11-5-15(24)19(16(25)6-11)33-12-2-3-14(23)13(7-12)21(26,27)28/h2-8H,9H2,1H3. The van der Waals surface area contributed by atoms with E-state index in [-0.39, 0.29) is 18.1 Å². The van der Waals surface area contributed by atoms with Crippen LogP contribution in [-0.4, -0.2) is 14.4 Å². The van der Waals surface area contributed by atoms with Crippen molar-refractivity contribution in [2.45, 2.75) is 19.7 Å². The number of nitrogens with zero attached hydrogens (tertiary/aromatic N) is 3. The average Bonchev–Trinajstić information content (AvgIpc) is 3.10. The molecular formula is C21H12BrClF5N3O2. The van der Waals surface area contributed by atoms with Gasteiger partial charge in [0.15, 0.2) is 17.4 Å². The van der Waals surface area contributed by atoms with Gasteiger partial charge in [-0.05, 0) is 58.7 Å². The number of hydrogen-bond donors (Lipinski definition) is 0. The zero-order valence-corrected chi connectivity index (χ0v) is 18.9. The molecule has 0 fully saturated rings. The predicted octanol–water partition coefficient (Wildman–Crippen LogP) is 7.12. The molecule has 0 amide bonds. The van der Waals surface area contributed by atoms with Crippen LogP contribution in [0.4, 0.5) is 22.0 Å². The maximum atomic E-state index is 14.5. The van der Waals surface area contributed by atoms with E-state index in [1.165, 1.54) is 0 Å². The van der Waals surface area contributed by atoms with Crippen molar-refractivity contribution < 1.29 is 31.4 Å². The molecule has 5 nitrogen and oxygen atoms in total. The molecule has 0 N–H and O–H groups in total. The van der Waals surface area contributed by atoms with Gasteiger partial charge in [0.2, 0.25) is 11.7 Å². The van der Waals surface area contributed by atoms with Crippen LogP contribution in [0.3, 0.4) is 0 Å². The van der Waals surface area contributed by atoms with Crippen LogP contribution < -0.4 is 9.47 Å². The second-order valence-electron chi connectivity index (χ2n) is 6.87. The van der Waals surface area contributed by atoms with Gasteiger partial charge in [0, 0.05) is 11.8 Å². The van der Waals surface area contributed by atoms with Crippen LogP contribution in [0.25, 0.3) is 5.78 Å². The Hall–Kier alpha value is -2.92. The normalized spacial score (nSPS) is 11.8. The number of aryl methyl sites for hydroxylation is 1. The van der Waals surface area contributed by atoms with E-state index in [9.17, 15) is 22.0 Å². The Labute approximate surface area is 196 Å². The zero-order valence-electron chi connectivity index (χ0n) is 16.6. The van der Waals surface area contributed by atoms with Crippen LogP contribution in [0.5, 0.6) is 17.4 Å². The van der Waals surface area contributed by atoms with Crippen LogP contribution in [0, 0.1) is 18.6 Å². The Morgan fingerprint density at radius 3 is 2.45 bits per heavy atom. The number of aromatic nitrogens is 3. The van der Waals surface area contributed by atoms with Gasteiger partial charge in [-0.1, -0.05) is 11.6 Å². The molecule has 0 aliphatic heterocycles. The lowest BCUT2D eigenvalue weighted by Crippen LogP contribution is -2.06. The summed E-state index contributed by atoms with van der Waals surface area (Å²) in [4.78, 5) is 8.32. The smallest absolute Gasteiger partial charge is 0.417 e. The van der Waals surface area contributed by atoms with Gasteiger partial charge in [-0.25, -0.2) is 13.8 Å². The fraction of sp³-hybridized carbons (Fsp3) is 0.143. The monoisotopic (exact) mass is 547 g/mol. The second-order valence-corrected chi connectivity index (χ2v) is 8.09. The number of rotatable bonds is 5. The summed E-state index contributed by atoms with van der Waals surface area (Å²) in [5, 5.41) is -0.562. The first-order chi connectivity index (χ1) is 15.5. The zero-order chi connectivity index (χ0) is 23.9. The highest BCUT2D eigenvalue weighted by molar-refractivity contribution is 9.10. The minimum absolute atomic E-state index is 0.119. The van der Waals surface area contributed by atoms with E-state index in [4.69, 9.17) is 21.1 Å². The molecule has 33 heavy (non-hydrogen) atoms. The summed E-state index contributed by atoms with van der Waals surface area (Å²) in [5.74, 6) is -2.94. The number of alkyl halides is 3. The molecule has 0 atom stereocenters. The number of imidazole rings is 1. The van der Waals surface area contributed by atoms with Crippen LogP contribution in [0.1, 0.15) is 16.8 Å². The van der Waals surface area contributed by atoms with Gasteiger partial charge >= 0.3 is 6.18 Å². The highest BCUT2D eigenvalue weighted by Gasteiger charge is 2.33. The molecule has 4 aromatic rings. The Bertz CT molecular complexity index is 1340. The lowest BCUT2D eigenvalue weighted by Gasteiger charge is -2.13. The van der Waals surface area contributed by atoms with Gasteiger partial charge in [-0.2, -0.15) is 18.2 Å². The largest absolute Gasteiger partial charge is 0.473 e. The Balaban J connectivity index is 1.53. The molecule has 12 heteroatoms. The Morgan fingerprint density at radius 2 is 1.79 bits per heavy atom. The van der Waals surface area contributed by atoms with Crippen LogP contribution in [0.2, 0.25) is 5.02 Å². The summed E-state index contributed by atoms with van der Waals surface area (Å²) in [6, 6.07) is 6.11. The third kappa shape index (κ3) is 4.88. The van der Waals surface area contributed by atoms with Gasteiger partial charge < -0.3 is 9.47 Å². The first kappa shape index (κ1) is 23.2. The van der Waals surface area contributed by atoms with Gasteiger partial charge in [0.1, 0.15) is 17.0 Å². The highest BCUT2D eigenvalue weighted by atomic mass is 79.9. The SMILES string of the molecule is Cc1cc(OCc2cc(F)c(Oc3ccc(Cl)c(C(F)(F)F)c3)c(F)c2)nc2ncc(Br)n12. The quantitative estimate of drug-likeness (QED) is 0.249. The summed E-state index contributed by atoms with van der Waals surface area (Å²) in [5.41, 5.74) is -0.299. The molecule has 0 aliphatic carbocycles. The summed E-state index contributed by atoms with van der Waals surface area (Å²) >= 11 is 8.89. The average molecular weight is 549 g/mol. The Kier molecular flexibility index (Phi) is 6.19. The molecule has 4 rings (SSSR count). The maximum Gasteiger partial charge on any atom is 0.417 e. The van der Waals surface area contributed by atoms with Crippen molar-refractivity contribution in [2.24, 2.45) is 0 Å². The minimum Gasteiger partial charge on any atom is -0.473 e. The second kappa shape index (κ2) is 8.79. The van der Waals surface area contributed by atoms with Crippen molar-refractivity contribution in [1.29, 1.82) is 0 Å². The third-order valence-electron chi connectivity index (χ3n) is 4.50. The Morgan fingerprint density at radius 1 is 1.09 bits per heavy atom. The van der Waals surface area contributed by atoms with Crippen molar-refractivity contribution in [2.75, 3.05) is 0 Å². The molecule has 2 aromatic carbocycles. The van der Waals surface area contributed by atoms with Crippen molar-refractivity contribution in [1.82, 2.24) is 14.4 Å². The minimum atomic E-state index is -4.75. The molecule has 0 saturated heterocycles. The summed E-state index contributed by atoms with van der Waals surface area (Å²) < 4.78 is 81.0. The first-order valence-corrected chi connectivity index (χ1v) is 10.4. The van der Waals surface area contributed by atoms with Crippen LogP contribution in [-0.2, 0) is 12.8 Å². The number of hydrogen-bond acceptors (Lipinski definition) is 4. The topological polar surface area (TPSA) is 48.7 Å². The molecule has 0 saturated carbocycles. The van der Waals surface area contributed by atoms with Gasteiger partial charge in [0.25, 0.3) is 0 Å². The van der Waals surface area contributed by atoms with E-state index in [1.807, 2.05) is 0 Å². The molecule has 0 bridgehead atoms. The van der Waals surface area contributed by atoms with Crippen molar-refractivity contribution in [3.8, 4) is 17.4 Å². The molecule has 2 heterocycles. The van der Waals surface area contributed by atoms with Crippen molar-refractivity contribution in [3.05, 3.63) is 80.7 Å². The first-order valence-electron chi connectivity index (χ1n) is 9.19. The third-order valence-corrected chi connectivity index (χ3v) is 5.39. The van der Waals surface area contributed by atoms with Gasteiger partial charge in [-0.15, -0.1) is 0 Å². The van der Waals surface area contributed by atoms with E-state index in [0.717, 1.165) is 30.0 Å². The van der Waals surface area contributed by atoms with E-state index >= 15 is 0 Å².